The Bertz CT molecular complexity index is 585. The number of allylic oxidation sites excluding steroid dienone is 3. The summed E-state index contributed by atoms with van der Waals surface area (Å²) in [5.41, 5.74) is 3.42. The third-order valence-corrected chi connectivity index (χ3v) is 2.84. The van der Waals surface area contributed by atoms with E-state index in [1.165, 1.54) is 22.9 Å². The van der Waals surface area contributed by atoms with Crippen molar-refractivity contribution >= 4 is 22.6 Å². The van der Waals surface area contributed by atoms with E-state index in [1.54, 1.807) is 0 Å². The lowest BCUT2D eigenvalue weighted by Gasteiger charge is -1.94. The lowest BCUT2D eigenvalue weighted by atomic mass is 10.1. The molecule has 0 fully saturated rings. The van der Waals surface area contributed by atoms with Crippen LogP contribution >= 0.6 is 0 Å². The first-order valence-corrected chi connectivity index (χ1v) is 6.63. The van der Waals surface area contributed by atoms with Crippen LogP contribution in [0, 0.1) is 0 Å². The van der Waals surface area contributed by atoms with Gasteiger partial charge in [0.25, 0.3) is 0 Å². The number of hydrogen-bond acceptors (Lipinski definition) is 1. The molecule has 0 amide bonds. The number of fused-ring (bicyclic) bond motifs is 3. The van der Waals surface area contributed by atoms with Gasteiger partial charge in [-0.1, -0.05) is 56.7 Å². The summed E-state index contributed by atoms with van der Waals surface area (Å²) < 4.78 is 5.86. The molecule has 1 heterocycles. The van der Waals surface area contributed by atoms with Crippen molar-refractivity contribution < 1.29 is 4.42 Å². The Labute approximate surface area is 109 Å². The van der Waals surface area contributed by atoms with Crippen molar-refractivity contribution in [3.63, 3.8) is 0 Å². The van der Waals surface area contributed by atoms with Crippen molar-refractivity contribution in [1.29, 1.82) is 0 Å². The van der Waals surface area contributed by atoms with Gasteiger partial charge >= 0.3 is 0 Å². The zero-order valence-electron chi connectivity index (χ0n) is 11.4. The Kier molecular flexibility index (Phi) is 4.03. The summed E-state index contributed by atoms with van der Waals surface area (Å²) in [6.45, 7) is 6.36. The lowest BCUT2D eigenvalue weighted by molar-refractivity contribution is 0.598. The molecule has 1 aromatic heterocycles. The second-order valence-corrected chi connectivity index (χ2v) is 4.57. The van der Waals surface area contributed by atoms with E-state index >= 15 is 0 Å². The first kappa shape index (κ1) is 12.7. The summed E-state index contributed by atoms with van der Waals surface area (Å²) in [4.78, 5) is 0. The second-order valence-electron chi connectivity index (χ2n) is 4.57. The van der Waals surface area contributed by atoms with E-state index < -0.39 is 0 Å². The minimum Gasteiger partial charge on any atom is -0.456 e. The van der Waals surface area contributed by atoms with Crippen molar-refractivity contribution in [3.8, 4) is 0 Å². The van der Waals surface area contributed by atoms with Gasteiger partial charge in [0, 0.05) is 10.9 Å². The monoisotopic (exact) mass is 240 g/mol. The summed E-state index contributed by atoms with van der Waals surface area (Å²) in [6.07, 6.45) is 8.78. The van der Waals surface area contributed by atoms with Crippen LogP contribution in [0.2, 0.25) is 0 Å². The molecule has 0 unspecified atom stereocenters. The van der Waals surface area contributed by atoms with Gasteiger partial charge in [-0.15, -0.1) is 0 Å². The number of benzene rings is 1. The van der Waals surface area contributed by atoms with Gasteiger partial charge in [0.15, 0.2) is 0 Å². The fourth-order valence-electron chi connectivity index (χ4n) is 2.05. The van der Waals surface area contributed by atoms with Crippen molar-refractivity contribution in [2.45, 2.75) is 33.6 Å². The van der Waals surface area contributed by atoms with E-state index in [0.29, 0.717) is 0 Å². The molecule has 0 atom stereocenters. The van der Waals surface area contributed by atoms with Crippen LogP contribution in [0.3, 0.4) is 0 Å². The molecule has 0 aliphatic heterocycles. The minimum absolute atomic E-state index is 0.974. The Morgan fingerprint density at radius 1 is 1.17 bits per heavy atom. The minimum atomic E-state index is 0.974. The van der Waals surface area contributed by atoms with Gasteiger partial charge < -0.3 is 4.42 Å². The van der Waals surface area contributed by atoms with Crippen LogP contribution in [-0.2, 0) is 0 Å². The SMILES string of the molecule is CC1=CCC=Cc2c1oc1ccccc21.CCC. The van der Waals surface area contributed by atoms with Gasteiger partial charge in [-0.25, -0.2) is 0 Å². The van der Waals surface area contributed by atoms with Crippen molar-refractivity contribution in [2.24, 2.45) is 0 Å². The normalized spacial score (nSPS) is 13.4. The molecular weight excluding hydrogens is 220 g/mol. The Morgan fingerprint density at radius 2 is 1.89 bits per heavy atom. The van der Waals surface area contributed by atoms with Crippen LogP contribution in [0.1, 0.15) is 44.9 Å². The summed E-state index contributed by atoms with van der Waals surface area (Å²) in [5, 5.41) is 1.21. The average molecular weight is 240 g/mol. The maximum atomic E-state index is 5.86. The maximum absolute atomic E-state index is 5.86. The van der Waals surface area contributed by atoms with Gasteiger partial charge in [-0.05, 0) is 25.0 Å². The molecule has 1 nitrogen and oxygen atoms in total. The van der Waals surface area contributed by atoms with E-state index in [4.69, 9.17) is 4.42 Å². The maximum Gasteiger partial charge on any atom is 0.138 e. The van der Waals surface area contributed by atoms with E-state index in [-0.39, 0.29) is 0 Å². The van der Waals surface area contributed by atoms with Gasteiger partial charge in [-0.2, -0.15) is 0 Å². The highest BCUT2D eigenvalue weighted by Gasteiger charge is 2.13. The fraction of sp³-hybridized carbons (Fsp3) is 0.294. The number of hydrogen-bond donors (Lipinski definition) is 0. The third-order valence-electron chi connectivity index (χ3n) is 2.84. The molecule has 0 bridgehead atoms. The van der Waals surface area contributed by atoms with Crippen molar-refractivity contribution in [1.82, 2.24) is 0 Å². The first-order chi connectivity index (χ1) is 8.77. The van der Waals surface area contributed by atoms with E-state index in [0.717, 1.165) is 17.8 Å². The molecule has 94 valence electrons. The highest BCUT2D eigenvalue weighted by molar-refractivity contribution is 5.93. The average Bonchev–Trinajstić information content (AvgIpc) is 2.65. The smallest absolute Gasteiger partial charge is 0.138 e. The molecule has 1 aromatic carbocycles. The Hall–Kier alpha value is -1.76. The molecule has 1 aliphatic carbocycles. The molecule has 2 aromatic rings. The van der Waals surface area contributed by atoms with Crippen LogP contribution in [-0.4, -0.2) is 0 Å². The quantitative estimate of drug-likeness (QED) is 0.578. The molecule has 3 rings (SSSR count). The zero-order chi connectivity index (χ0) is 13.0. The number of rotatable bonds is 0. The topological polar surface area (TPSA) is 13.1 Å². The highest BCUT2D eigenvalue weighted by Crippen LogP contribution is 2.33. The summed E-state index contributed by atoms with van der Waals surface area (Å²) >= 11 is 0. The van der Waals surface area contributed by atoms with E-state index in [1.807, 2.05) is 12.1 Å². The summed E-state index contributed by atoms with van der Waals surface area (Å²) in [5.74, 6) is 1.02. The molecule has 0 spiro atoms. The van der Waals surface area contributed by atoms with Gasteiger partial charge in [0.1, 0.15) is 11.3 Å². The van der Waals surface area contributed by atoms with Crippen LogP contribution in [0.15, 0.2) is 40.8 Å². The molecule has 0 radical (unpaired) electrons. The Morgan fingerprint density at radius 3 is 2.67 bits per heavy atom. The van der Waals surface area contributed by atoms with Crippen LogP contribution < -0.4 is 0 Å². The molecule has 0 saturated carbocycles. The molecular formula is C17H20O. The largest absolute Gasteiger partial charge is 0.456 e. The molecule has 0 saturated heterocycles. The fourth-order valence-corrected chi connectivity index (χ4v) is 2.05. The van der Waals surface area contributed by atoms with Crippen molar-refractivity contribution in [2.75, 3.05) is 0 Å². The molecule has 0 N–H and O–H groups in total. The van der Waals surface area contributed by atoms with Crippen LogP contribution in [0.25, 0.3) is 22.6 Å². The van der Waals surface area contributed by atoms with Gasteiger partial charge in [-0.3, -0.25) is 0 Å². The summed E-state index contributed by atoms with van der Waals surface area (Å²) in [6, 6.07) is 8.19. The molecule has 18 heavy (non-hydrogen) atoms. The number of para-hydroxylation sites is 1. The molecule has 1 heteroatoms. The van der Waals surface area contributed by atoms with Crippen LogP contribution in [0.5, 0.6) is 0 Å². The summed E-state index contributed by atoms with van der Waals surface area (Å²) in [7, 11) is 0. The predicted molar refractivity (Wildman–Crippen MR) is 79.5 cm³/mol. The van der Waals surface area contributed by atoms with Crippen LogP contribution in [0.4, 0.5) is 0 Å². The Balaban J connectivity index is 0.000000367. The highest BCUT2D eigenvalue weighted by atomic mass is 16.3. The third kappa shape index (κ3) is 2.40. The lowest BCUT2D eigenvalue weighted by Crippen LogP contribution is -1.76. The number of furan rings is 1. The van der Waals surface area contributed by atoms with Crippen molar-refractivity contribution in [3.05, 3.63) is 47.7 Å². The standard InChI is InChI=1S/C14H12O.C3H8/c1-10-6-2-3-8-12-11-7-4-5-9-13(11)15-14(10)12;1-3-2/h3-9H,2H2,1H3;3H2,1-2H3. The second kappa shape index (κ2) is 5.72. The van der Waals surface area contributed by atoms with Gasteiger partial charge in [0.2, 0.25) is 0 Å². The van der Waals surface area contributed by atoms with E-state index in [9.17, 15) is 0 Å². The molecule has 1 aliphatic rings. The first-order valence-electron chi connectivity index (χ1n) is 6.63. The van der Waals surface area contributed by atoms with E-state index in [2.05, 4.69) is 51.1 Å². The van der Waals surface area contributed by atoms with Gasteiger partial charge in [0.05, 0.1) is 0 Å². The zero-order valence-corrected chi connectivity index (χ0v) is 11.4. The predicted octanol–water partition coefficient (Wildman–Crippen LogP) is 5.67.